The first-order valence-corrected chi connectivity index (χ1v) is 8.44. The zero-order valence-electron chi connectivity index (χ0n) is 12.0. The fourth-order valence-electron chi connectivity index (χ4n) is 2.35. The average Bonchev–Trinajstić information content (AvgIpc) is 2.48. The van der Waals surface area contributed by atoms with Crippen LogP contribution in [0.25, 0.3) is 0 Å². The Bertz CT molecular complexity index is 493. The van der Waals surface area contributed by atoms with Crippen molar-refractivity contribution in [3.8, 4) is 0 Å². The molecule has 0 fully saturated rings. The summed E-state index contributed by atoms with van der Waals surface area (Å²) in [4.78, 5) is 0. The van der Waals surface area contributed by atoms with E-state index in [4.69, 9.17) is 0 Å². The molecule has 0 aliphatic heterocycles. The fraction of sp³-hybridized carbons (Fsp3) is 0.333. The highest BCUT2D eigenvalue weighted by atomic mass is 28.2. The topological polar surface area (TPSA) is 0 Å². The smallest absolute Gasteiger partial charge is 0.123 e. The third-order valence-electron chi connectivity index (χ3n) is 3.48. The number of rotatable bonds is 7. The van der Waals surface area contributed by atoms with E-state index in [-0.39, 0.29) is 5.82 Å². The summed E-state index contributed by atoms with van der Waals surface area (Å²) < 4.78 is 13.1. The predicted octanol–water partition coefficient (Wildman–Crippen LogP) is 4.48. The van der Waals surface area contributed by atoms with Crippen molar-refractivity contribution in [3.63, 3.8) is 0 Å². The van der Waals surface area contributed by atoms with E-state index in [2.05, 4.69) is 37.3 Å². The number of hydrogen-bond acceptors (Lipinski definition) is 0. The molecular formula is C18H21FSi. The van der Waals surface area contributed by atoms with Crippen LogP contribution in [0.15, 0.2) is 54.6 Å². The second-order valence-electron chi connectivity index (χ2n) is 5.11. The maximum absolute atomic E-state index is 13.1. The van der Waals surface area contributed by atoms with Crippen molar-refractivity contribution >= 4 is 14.7 Å². The van der Waals surface area contributed by atoms with Crippen LogP contribution in [-0.2, 0) is 0 Å². The molecule has 0 amide bonds. The normalized spacial score (nSPS) is 12.3. The van der Waals surface area contributed by atoms with Gasteiger partial charge in [-0.15, -0.1) is 0 Å². The molecule has 104 valence electrons. The van der Waals surface area contributed by atoms with Gasteiger partial charge in [-0.25, -0.2) is 4.39 Å². The first-order chi connectivity index (χ1) is 9.79. The van der Waals surface area contributed by atoms with E-state index >= 15 is 0 Å². The van der Waals surface area contributed by atoms with E-state index in [9.17, 15) is 4.39 Å². The number of benzene rings is 2. The van der Waals surface area contributed by atoms with Crippen LogP contribution in [-0.4, -0.2) is 9.52 Å². The minimum absolute atomic E-state index is 0.149. The molecular weight excluding hydrogens is 263 g/mol. The first kappa shape index (κ1) is 15.0. The van der Waals surface area contributed by atoms with Crippen molar-refractivity contribution < 1.29 is 4.39 Å². The molecule has 0 aliphatic rings. The molecule has 0 nitrogen and oxygen atoms in total. The van der Waals surface area contributed by atoms with Crippen LogP contribution in [0.5, 0.6) is 0 Å². The molecule has 0 saturated carbocycles. The first-order valence-electron chi connectivity index (χ1n) is 7.36. The van der Waals surface area contributed by atoms with Crippen molar-refractivity contribution in [3.05, 3.63) is 66.0 Å². The largest absolute Gasteiger partial charge is 0.207 e. The minimum Gasteiger partial charge on any atom is -0.207 e. The van der Waals surface area contributed by atoms with Gasteiger partial charge in [0, 0.05) is 0 Å². The van der Waals surface area contributed by atoms with Crippen LogP contribution in [0.4, 0.5) is 4.39 Å². The summed E-state index contributed by atoms with van der Waals surface area (Å²) in [7, 11) is 0.759. The molecule has 2 radical (unpaired) electrons. The fourth-order valence-corrected chi connectivity index (χ4v) is 3.85. The highest BCUT2D eigenvalue weighted by Crippen LogP contribution is 2.21. The van der Waals surface area contributed by atoms with Crippen LogP contribution in [0.3, 0.4) is 0 Å². The molecule has 0 saturated heterocycles. The predicted molar refractivity (Wildman–Crippen MR) is 85.1 cm³/mol. The summed E-state index contributed by atoms with van der Waals surface area (Å²) in [6, 6.07) is 17.7. The van der Waals surface area contributed by atoms with Crippen LogP contribution in [0.1, 0.15) is 43.7 Å². The lowest BCUT2D eigenvalue weighted by Gasteiger charge is -2.16. The van der Waals surface area contributed by atoms with Crippen molar-refractivity contribution in [1.82, 2.24) is 0 Å². The van der Waals surface area contributed by atoms with E-state index in [1.165, 1.54) is 36.4 Å². The van der Waals surface area contributed by atoms with Crippen molar-refractivity contribution in [2.24, 2.45) is 0 Å². The lowest BCUT2D eigenvalue weighted by molar-refractivity contribution is 0.623. The number of unbranched alkanes of at least 4 members (excludes halogenated alkanes) is 2. The number of hydrogen-bond donors (Lipinski definition) is 0. The molecule has 2 heteroatoms. The molecule has 2 rings (SSSR count). The molecule has 1 unspecified atom stereocenters. The summed E-state index contributed by atoms with van der Waals surface area (Å²) in [6.45, 7) is 2.23. The molecule has 0 N–H and O–H groups in total. The van der Waals surface area contributed by atoms with Gasteiger partial charge in [0.15, 0.2) is 0 Å². The maximum Gasteiger partial charge on any atom is 0.123 e. The van der Waals surface area contributed by atoms with E-state index < -0.39 is 0 Å². The Morgan fingerprint density at radius 2 is 1.65 bits per heavy atom. The highest BCUT2D eigenvalue weighted by Gasteiger charge is 2.13. The van der Waals surface area contributed by atoms with Gasteiger partial charge >= 0.3 is 0 Å². The zero-order valence-corrected chi connectivity index (χ0v) is 13.0. The van der Waals surface area contributed by atoms with E-state index in [1.807, 2.05) is 12.1 Å². The molecule has 20 heavy (non-hydrogen) atoms. The molecule has 0 heterocycles. The summed E-state index contributed by atoms with van der Waals surface area (Å²) in [6.07, 6.45) is 4.95. The maximum atomic E-state index is 13.1. The second-order valence-corrected chi connectivity index (χ2v) is 6.67. The van der Waals surface area contributed by atoms with Crippen molar-refractivity contribution in [2.75, 3.05) is 0 Å². The van der Waals surface area contributed by atoms with Gasteiger partial charge in [-0.1, -0.05) is 73.8 Å². The van der Waals surface area contributed by atoms with Gasteiger partial charge in [0.1, 0.15) is 5.82 Å². The van der Waals surface area contributed by atoms with E-state index in [0.29, 0.717) is 5.54 Å². The van der Waals surface area contributed by atoms with Crippen LogP contribution >= 0.6 is 0 Å². The Kier molecular flexibility index (Phi) is 6.00. The second kappa shape index (κ2) is 8.00. The van der Waals surface area contributed by atoms with E-state index in [0.717, 1.165) is 9.52 Å². The van der Waals surface area contributed by atoms with Crippen molar-refractivity contribution in [2.45, 2.75) is 38.1 Å². The average molecular weight is 284 g/mol. The van der Waals surface area contributed by atoms with Gasteiger partial charge in [-0.3, -0.25) is 0 Å². The molecule has 2 aromatic rings. The molecule has 1 atom stereocenters. The van der Waals surface area contributed by atoms with Crippen LogP contribution in [0, 0.1) is 5.82 Å². The number of halogens is 1. The molecule has 0 bridgehead atoms. The highest BCUT2D eigenvalue weighted by molar-refractivity contribution is 6.55. The van der Waals surface area contributed by atoms with Gasteiger partial charge < -0.3 is 0 Å². The van der Waals surface area contributed by atoms with Crippen LogP contribution in [0.2, 0.25) is 0 Å². The summed E-state index contributed by atoms with van der Waals surface area (Å²) >= 11 is 0. The van der Waals surface area contributed by atoms with E-state index in [1.54, 1.807) is 12.1 Å². The molecule has 0 aromatic heterocycles. The monoisotopic (exact) mass is 284 g/mol. The summed E-state index contributed by atoms with van der Waals surface area (Å²) in [5, 5.41) is 1.39. The minimum atomic E-state index is -0.149. The Morgan fingerprint density at radius 3 is 2.30 bits per heavy atom. The quantitative estimate of drug-likeness (QED) is 0.519. The van der Waals surface area contributed by atoms with Crippen LogP contribution < -0.4 is 5.19 Å². The lowest BCUT2D eigenvalue weighted by atomic mass is 10.1. The third-order valence-corrected chi connectivity index (χ3v) is 5.12. The molecule has 0 aliphatic carbocycles. The van der Waals surface area contributed by atoms with Gasteiger partial charge in [-0.05, 0) is 29.7 Å². The SMILES string of the molecule is CCCCCC([Si]c1ccccc1)c1ccc(F)cc1. The third kappa shape index (κ3) is 4.60. The van der Waals surface area contributed by atoms with Crippen molar-refractivity contribution in [1.29, 1.82) is 0 Å². The lowest BCUT2D eigenvalue weighted by Crippen LogP contribution is -2.22. The standard InChI is InChI=1S/C18H21FSi/c1-2-3-5-10-18(15-11-13-16(19)14-12-15)20-17-8-6-4-7-9-17/h4,6-9,11-14,18H,2-3,5,10H2,1H3. The van der Waals surface area contributed by atoms with Gasteiger partial charge in [0.2, 0.25) is 0 Å². The van der Waals surface area contributed by atoms with Gasteiger partial charge in [0.05, 0.1) is 9.52 Å². The zero-order chi connectivity index (χ0) is 14.2. The Balaban J connectivity index is 2.09. The Morgan fingerprint density at radius 1 is 0.950 bits per heavy atom. The molecule has 0 spiro atoms. The summed E-state index contributed by atoms with van der Waals surface area (Å²) in [5.41, 5.74) is 1.79. The summed E-state index contributed by atoms with van der Waals surface area (Å²) in [5.74, 6) is -0.149. The Labute approximate surface area is 123 Å². The Hall–Kier alpha value is -1.41. The van der Waals surface area contributed by atoms with Gasteiger partial charge in [-0.2, -0.15) is 0 Å². The van der Waals surface area contributed by atoms with Gasteiger partial charge in [0.25, 0.3) is 0 Å². The molecule has 2 aromatic carbocycles.